The van der Waals surface area contributed by atoms with Crippen molar-refractivity contribution >= 4 is 46.3 Å². The highest BCUT2D eigenvalue weighted by Crippen LogP contribution is 2.35. The molecular formula is C28H25NO4S2. The van der Waals surface area contributed by atoms with Gasteiger partial charge in [-0.15, -0.1) is 0 Å². The number of thiocarbonyl (C=S) groups is 1. The summed E-state index contributed by atoms with van der Waals surface area (Å²) in [6, 6.07) is 25.9. The van der Waals surface area contributed by atoms with Crippen molar-refractivity contribution in [2.24, 2.45) is 0 Å². The molecule has 1 aliphatic heterocycles. The van der Waals surface area contributed by atoms with Crippen LogP contribution >= 0.6 is 24.0 Å². The number of thioether (sulfide) groups is 1. The number of rotatable bonds is 10. The second-order valence-corrected chi connectivity index (χ2v) is 9.78. The van der Waals surface area contributed by atoms with E-state index in [4.69, 9.17) is 17.0 Å². The van der Waals surface area contributed by atoms with E-state index in [1.165, 1.54) is 10.5 Å². The van der Waals surface area contributed by atoms with E-state index in [-0.39, 0.29) is 10.7 Å². The molecule has 1 saturated heterocycles. The number of aryl methyl sites for hydroxylation is 1. The minimum atomic E-state index is -1.09. The molecule has 178 valence electrons. The summed E-state index contributed by atoms with van der Waals surface area (Å²) in [6.07, 6.45) is 3.75. The lowest BCUT2D eigenvalue weighted by Gasteiger charge is -2.23. The van der Waals surface area contributed by atoms with Crippen molar-refractivity contribution in [2.45, 2.75) is 25.3 Å². The van der Waals surface area contributed by atoms with Crippen LogP contribution < -0.4 is 4.74 Å². The van der Waals surface area contributed by atoms with Gasteiger partial charge in [0.1, 0.15) is 16.1 Å². The van der Waals surface area contributed by atoms with Gasteiger partial charge in [0.25, 0.3) is 5.91 Å². The van der Waals surface area contributed by atoms with Crippen LogP contribution in [0.15, 0.2) is 89.8 Å². The lowest BCUT2D eigenvalue weighted by Crippen LogP contribution is -2.45. The molecule has 3 aromatic carbocycles. The van der Waals surface area contributed by atoms with Crippen LogP contribution in [0.1, 0.15) is 23.1 Å². The number of hydrogen-bond acceptors (Lipinski definition) is 5. The molecule has 0 spiro atoms. The summed E-state index contributed by atoms with van der Waals surface area (Å²) in [4.78, 5) is 26.8. The first-order valence-corrected chi connectivity index (χ1v) is 12.5. The summed E-state index contributed by atoms with van der Waals surface area (Å²) in [7, 11) is 0. The Labute approximate surface area is 214 Å². The zero-order valence-electron chi connectivity index (χ0n) is 19.0. The Morgan fingerprint density at radius 1 is 1.00 bits per heavy atom. The van der Waals surface area contributed by atoms with Gasteiger partial charge >= 0.3 is 5.97 Å². The fraction of sp³-hybridized carbons (Fsp3) is 0.179. The number of hydrogen-bond donors (Lipinski definition) is 1. The molecule has 1 fully saturated rings. The van der Waals surface area contributed by atoms with Crippen LogP contribution in [0.25, 0.3) is 6.08 Å². The van der Waals surface area contributed by atoms with Crippen LogP contribution in [-0.4, -0.2) is 38.9 Å². The molecule has 35 heavy (non-hydrogen) atoms. The summed E-state index contributed by atoms with van der Waals surface area (Å²) in [6.45, 7) is 0.584. The third-order valence-electron chi connectivity index (χ3n) is 5.57. The van der Waals surface area contributed by atoms with Crippen LogP contribution in [0.3, 0.4) is 0 Å². The van der Waals surface area contributed by atoms with Gasteiger partial charge in [-0.25, -0.2) is 4.79 Å². The molecule has 0 aromatic heterocycles. The standard InChI is InChI=1S/C28H25NO4S2/c30-26-25(35-28(34)29(26)24(27(31)32)18-21-11-5-2-6-12-21)19-22-13-7-15-23(17-22)33-16-8-14-20-9-3-1-4-10-20/h1-7,9-13,15,17,19,24H,8,14,16,18H2,(H,31,32)/b25-19-. The second-order valence-electron chi connectivity index (χ2n) is 8.11. The van der Waals surface area contributed by atoms with Gasteiger partial charge in [-0.1, -0.05) is 96.8 Å². The van der Waals surface area contributed by atoms with E-state index in [1.54, 1.807) is 6.08 Å². The maximum Gasteiger partial charge on any atom is 0.327 e. The lowest BCUT2D eigenvalue weighted by atomic mass is 10.0. The van der Waals surface area contributed by atoms with Crippen molar-refractivity contribution in [3.8, 4) is 5.75 Å². The van der Waals surface area contributed by atoms with Crippen molar-refractivity contribution in [1.29, 1.82) is 0 Å². The predicted octanol–water partition coefficient (Wildman–Crippen LogP) is 5.60. The number of amides is 1. The molecule has 0 radical (unpaired) electrons. The van der Waals surface area contributed by atoms with Crippen molar-refractivity contribution in [1.82, 2.24) is 4.90 Å². The normalized spacial score (nSPS) is 15.4. The van der Waals surface area contributed by atoms with Crippen LogP contribution in [0.5, 0.6) is 5.75 Å². The summed E-state index contributed by atoms with van der Waals surface area (Å²) < 4.78 is 6.15. The minimum absolute atomic E-state index is 0.183. The van der Waals surface area contributed by atoms with E-state index in [0.29, 0.717) is 11.5 Å². The zero-order valence-corrected chi connectivity index (χ0v) is 20.6. The first kappa shape index (κ1) is 24.7. The number of carbonyl (C=O) groups excluding carboxylic acids is 1. The Balaban J connectivity index is 1.41. The zero-order chi connectivity index (χ0) is 24.6. The fourth-order valence-corrected chi connectivity index (χ4v) is 5.19. The van der Waals surface area contributed by atoms with Gasteiger partial charge in [0, 0.05) is 6.42 Å². The smallest absolute Gasteiger partial charge is 0.327 e. The first-order valence-electron chi connectivity index (χ1n) is 11.3. The molecule has 7 heteroatoms. The Hall–Kier alpha value is -3.42. The molecule has 1 heterocycles. The van der Waals surface area contributed by atoms with Crippen molar-refractivity contribution in [3.63, 3.8) is 0 Å². The van der Waals surface area contributed by atoms with E-state index in [1.807, 2.05) is 72.8 Å². The SMILES string of the molecule is O=C(O)C(Cc1ccccc1)N1C(=O)/C(=C/c2cccc(OCCCc3ccccc3)c2)SC1=S. The van der Waals surface area contributed by atoms with Gasteiger partial charge in [-0.2, -0.15) is 0 Å². The first-order chi connectivity index (χ1) is 17.0. The van der Waals surface area contributed by atoms with Crippen LogP contribution in [0.2, 0.25) is 0 Å². The molecule has 5 nitrogen and oxygen atoms in total. The number of aliphatic carboxylic acids is 1. The number of carboxylic acid groups (broad SMARTS) is 1. The third-order valence-corrected chi connectivity index (χ3v) is 6.90. The summed E-state index contributed by atoms with van der Waals surface area (Å²) in [5, 5.41) is 9.82. The molecule has 0 aliphatic carbocycles. The molecule has 1 N–H and O–H groups in total. The van der Waals surface area contributed by atoms with Crippen LogP contribution in [0.4, 0.5) is 0 Å². The maximum atomic E-state index is 13.1. The Bertz CT molecular complexity index is 1230. The highest BCUT2D eigenvalue weighted by Gasteiger charge is 2.40. The average molecular weight is 504 g/mol. The van der Waals surface area contributed by atoms with Gasteiger partial charge in [0.15, 0.2) is 0 Å². The van der Waals surface area contributed by atoms with E-state index in [0.717, 1.165) is 41.5 Å². The quantitative estimate of drug-likeness (QED) is 0.221. The van der Waals surface area contributed by atoms with E-state index in [9.17, 15) is 14.7 Å². The third kappa shape index (κ3) is 6.59. The molecule has 1 unspecified atom stereocenters. The predicted molar refractivity (Wildman–Crippen MR) is 143 cm³/mol. The molecular weight excluding hydrogens is 478 g/mol. The Morgan fingerprint density at radius 3 is 2.37 bits per heavy atom. The van der Waals surface area contributed by atoms with Gasteiger partial charge in [-0.3, -0.25) is 9.69 Å². The lowest BCUT2D eigenvalue weighted by molar-refractivity contribution is -0.145. The summed E-state index contributed by atoms with van der Waals surface area (Å²) >= 11 is 6.52. The highest BCUT2D eigenvalue weighted by molar-refractivity contribution is 8.26. The maximum absolute atomic E-state index is 13.1. The molecule has 1 amide bonds. The minimum Gasteiger partial charge on any atom is -0.494 e. The van der Waals surface area contributed by atoms with Gasteiger partial charge in [0.05, 0.1) is 11.5 Å². The fourth-order valence-electron chi connectivity index (χ4n) is 3.83. The van der Waals surface area contributed by atoms with Gasteiger partial charge in [-0.05, 0) is 47.7 Å². The molecule has 1 atom stereocenters. The van der Waals surface area contributed by atoms with E-state index < -0.39 is 17.9 Å². The van der Waals surface area contributed by atoms with Gasteiger partial charge in [0.2, 0.25) is 0 Å². The average Bonchev–Trinajstić information content (AvgIpc) is 3.14. The van der Waals surface area contributed by atoms with Crippen LogP contribution in [0, 0.1) is 0 Å². The second kappa shape index (κ2) is 11.8. The molecule has 0 bridgehead atoms. The topological polar surface area (TPSA) is 66.8 Å². The van der Waals surface area contributed by atoms with Crippen LogP contribution in [-0.2, 0) is 22.4 Å². The van der Waals surface area contributed by atoms with Gasteiger partial charge < -0.3 is 9.84 Å². The van der Waals surface area contributed by atoms with E-state index >= 15 is 0 Å². The molecule has 1 aliphatic rings. The highest BCUT2D eigenvalue weighted by atomic mass is 32.2. The largest absolute Gasteiger partial charge is 0.494 e. The monoisotopic (exact) mass is 503 g/mol. The van der Waals surface area contributed by atoms with Crippen molar-refractivity contribution < 1.29 is 19.4 Å². The Morgan fingerprint density at radius 2 is 1.69 bits per heavy atom. The number of nitrogens with zero attached hydrogens (tertiary/aromatic N) is 1. The number of carboxylic acids is 1. The summed E-state index contributed by atoms with van der Waals surface area (Å²) in [5.41, 5.74) is 2.90. The molecule has 4 rings (SSSR count). The molecule has 3 aromatic rings. The Kier molecular flexibility index (Phi) is 8.34. The number of ether oxygens (including phenoxy) is 1. The number of carbonyl (C=O) groups is 2. The van der Waals surface area contributed by atoms with Crippen molar-refractivity contribution in [3.05, 3.63) is 107 Å². The summed E-state index contributed by atoms with van der Waals surface area (Å²) in [5.74, 6) is -0.760. The van der Waals surface area contributed by atoms with Crippen molar-refractivity contribution in [2.75, 3.05) is 6.61 Å². The number of benzene rings is 3. The van der Waals surface area contributed by atoms with E-state index in [2.05, 4.69) is 12.1 Å². The molecule has 0 saturated carbocycles.